The molecule has 0 aromatic heterocycles. The van der Waals surface area contributed by atoms with Crippen LogP contribution in [0.1, 0.15) is 25.7 Å². The third-order valence-electron chi connectivity index (χ3n) is 3.75. The third-order valence-corrected chi connectivity index (χ3v) is 3.75. The monoisotopic (exact) mass is 306 g/mol. The summed E-state index contributed by atoms with van der Waals surface area (Å²) >= 11 is 0. The molecule has 22 heavy (non-hydrogen) atoms. The number of nitrogens with one attached hydrogen (secondary N) is 2. The molecule has 7 nitrogen and oxygen atoms in total. The summed E-state index contributed by atoms with van der Waals surface area (Å²) in [4.78, 5) is 21.8. The second-order valence-electron chi connectivity index (χ2n) is 5.64. The van der Waals surface area contributed by atoms with Crippen LogP contribution in [0.2, 0.25) is 0 Å². The summed E-state index contributed by atoms with van der Waals surface area (Å²) in [5.41, 5.74) is 6.79. The number of rotatable bonds is 9. The molecule has 1 saturated carbocycles. The maximum Gasteiger partial charge on any atom is 0.269 e. The Bertz CT molecular complexity index is 514. The van der Waals surface area contributed by atoms with E-state index in [1.165, 1.54) is 25.0 Å². The van der Waals surface area contributed by atoms with E-state index >= 15 is 0 Å². The Morgan fingerprint density at radius 2 is 2.05 bits per heavy atom. The number of amides is 1. The van der Waals surface area contributed by atoms with Crippen molar-refractivity contribution >= 4 is 17.3 Å². The second-order valence-corrected chi connectivity index (χ2v) is 5.64. The van der Waals surface area contributed by atoms with E-state index in [4.69, 9.17) is 5.73 Å². The van der Waals surface area contributed by atoms with Crippen molar-refractivity contribution in [1.82, 2.24) is 5.32 Å². The third kappa shape index (κ3) is 5.33. The van der Waals surface area contributed by atoms with E-state index in [0.717, 1.165) is 5.69 Å². The summed E-state index contributed by atoms with van der Waals surface area (Å²) < 4.78 is 0. The van der Waals surface area contributed by atoms with E-state index in [-0.39, 0.29) is 17.6 Å². The molecule has 1 atom stereocenters. The molecule has 1 unspecified atom stereocenters. The van der Waals surface area contributed by atoms with E-state index < -0.39 is 4.92 Å². The topological polar surface area (TPSA) is 110 Å². The minimum atomic E-state index is -0.430. The molecule has 0 aliphatic heterocycles. The number of hydrogen-bond donors (Lipinski definition) is 3. The zero-order chi connectivity index (χ0) is 15.9. The fourth-order valence-electron chi connectivity index (χ4n) is 2.19. The molecule has 1 aromatic carbocycles. The lowest BCUT2D eigenvalue weighted by molar-refractivity contribution is -0.384. The smallest absolute Gasteiger partial charge is 0.269 e. The SMILES string of the molecule is NC(CNC(=O)CCCNc1ccc([N+](=O)[O-])cc1)C1CC1. The summed E-state index contributed by atoms with van der Waals surface area (Å²) in [6.45, 7) is 1.19. The Morgan fingerprint density at radius 3 is 2.64 bits per heavy atom. The van der Waals surface area contributed by atoms with Crippen molar-refractivity contribution in [2.24, 2.45) is 11.7 Å². The molecule has 0 heterocycles. The zero-order valence-electron chi connectivity index (χ0n) is 12.5. The highest BCUT2D eigenvalue weighted by atomic mass is 16.6. The molecule has 7 heteroatoms. The molecule has 0 spiro atoms. The number of nitrogens with two attached hydrogens (primary N) is 1. The fraction of sp³-hybridized carbons (Fsp3) is 0.533. The van der Waals surface area contributed by atoms with Crippen LogP contribution in [0.3, 0.4) is 0 Å². The van der Waals surface area contributed by atoms with Crippen LogP contribution in [-0.4, -0.2) is 30.0 Å². The van der Waals surface area contributed by atoms with Crippen LogP contribution in [0.5, 0.6) is 0 Å². The van der Waals surface area contributed by atoms with Crippen LogP contribution in [0, 0.1) is 16.0 Å². The number of nitrogens with zero attached hydrogens (tertiary/aromatic N) is 1. The Hall–Kier alpha value is -2.15. The maximum absolute atomic E-state index is 11.7. The molecule has 1 amide bonds. The number of anilines is 1. The molecule has 1 fully saturated rings. The van der Waals surface area contributed by atoms with E-state index in [9.17, 15) is 14.9 Å². The van der Waals surface area contributed by atoms with Crippen molar-refractivity contribution in [2.75, 3.05) is 18.4 Å². The van der Waals surface area contributed by atoms with E-state index in [1.807, 2.05) is 0 Å². The summed E-state index contributed by atoms with van der Waals surface area (Å²) in [5.74, 6) is 0.603. The van der Waals surface area contributed by atoms with Crippen LogP contribution < -0.4 is 16.4 Å². The first kappa shape index (κ1) is 16.2. The highest BCUT2D eigenvalue weighted by Gasteiger charge is 2.28. The zero-order valence-corrected chi connectivity index (χ0v) is 12.5. The summed E-state index contributed by atoms with van der Waals surface area (Å²) in [7, 11) is 0. The average Bonchev–Trinajstić information content (AvgIpc) is 3.34. The van der Waals surface area contributed by atoms with Gasteiger partial charge in [-0.15, -0.1) is 0 Å². The van der Waals surface area contributed by atoms with Gasteiger partial charge in [-0.1, -0.05) is 0 Å². The van der Waals surface area contributed by atoms with Gasteiger partial charge in [-0.3, -0.25) is 14.9 Å². The molecule has 1 aliphatic rings. The summed E-state index contributed by atoms with van der Waals surface area (Å²) in [5, 5.41) is 16.5. The Labute approximate surface area is 129 Å². The molecule has 1 aliphatic carbocycles. The van der Waals surface area contributed by atoms with Gasteiger partial charge in [0.2, 0.25) is 5.91 Å². The highest BCUT2D eigenvalue weighted by Crippen LogP contribution is 2.31. The number of benzene rings is 1. The predicted molar refractivity (Wildman–Crippen MR) is 84.5 cm³/mol. The van der Waals surface area contributed by atoms with Gasteiger partial charge in [0, 0.05) is 43.4 Å². The molecule has 4 N–H and O–H groups in total. The van der Waals surface area contributed by atoms with Crippen LogP contribution in [0.4, 0.5) is 11.4 Å². The lowest BCUT2D eigenvalue weighted by atomic mass is 10.2. The first-order valence-corrected chi connectivity index (χ1v) is 7.57. The van der Waals surface area contributed by atoms with Gasteiger partial charge in [0.25, 0.3) is 5.69 Å². The lowest BCUT2D eigenvalue weighted by Crippen LogP contribution is -2.38. The van der Waals surface area contributed by atoms with Crippen molar-refractivity contribution in [2.45, 2.75) is 31.7 Å². The normalized spacial score (nSPS) is 15.1. The average molecular weight is 306 g/mol. The Morgan fingerprint density at radius 1 is 1.36 bits per heavy atom. The predicted octanol–water partition coefficient (Wildman–Crippen LogP) is 1.64. The number of carbonyl (C=O) groups is 1. The van der Waals surface area contributed by atoms with Crippen LogP contribution in [0.15, 0.2) is 24.3 Å². The molecular weight excluding hydrogens is 284 g/mol. The number of nitro groups is 1. The van der Waals surface area contributed by atoms with E-state index in [0.29, 0.717) is 31.8 Å². The largest absolute Gasteiger partial charge is 0.385 e. The molecule has 0 saturated heterocycles. The van der Waals surface area contributed by atoms with Crippen LogP contribution in [0.25, 0.3) is 0 Å². The lowest BCUT2D eigenvalue weighted by Gasteiger charge is -2.11. The minimum absolute atomic E-state index is 0.0154. The molecule has 0 bridgehead atoms. The molecular formula is C15H22N4O3. The first-order valence-electron chi connectivity index (χ1n) is 7.57. The first-order chi connectivity index (χ1) is 10.6. The van der Waals surface area contributed by atoms with Gasteiger partial charge in [0.05, 0.1) is 4.92 Å². The number of nitro benzene ring substituents is 1. The molecule has 0 radical (unpaired) electrons. The van der Waals surface area contributed by atoms with Gasteiger partial charge in [0.1, 0.15) is 0 Å². The minimum Gasteiger partial charge on any atom is -0.385 e. The van der Waals surface area contributed by atoms with Gasteiger partial charge in [-0.2, -0.15) is 0 Å². The standard InChI is InChI=1S/C15H22N4O3/c16-14(11-3-4-11)10-18-15(20)2-1-9-17-12-5-7-13(8-6-12)19(21)22/h5-8,11,14,17H,1-4,9-10,16H2,(H,18,20). The second kappa shape index (κ2) is 7.74. The summed E-state index contributed by atoms with van der Waals surface area (Å²) in [6.07, 6.45) is 3.49. The molecule has 120 valence electrons. The highest BCUT2D eigenvalue weighted by molar-refractivity contribution is 5.75. The van der Waals surface area contributed by atoms with Gasteiger partial charge in [0.15, 0.2) is 0 Å². The number of hydrogen-bond acceptors (Lipinski definition) is 5. The Kier molecular flexibility index (Phi) is 5.71. The van der Waals surface area contributed by atoms with Gasteiger partial charge < -0.3 is 16.4 Å². The van der Waals surface area contributed by atoms with Crippen LogP contribution in [-0.2, 0) is 4.79 Å². The van der Waals surface area contributed by atoms with Crippen LogP contribution >= 0.6 is 0 Å². The van der Waals surface area contributed by atoms with E-state index in [1.54, 1.807) is 12.1 Å². The van der Waals surface area contributed by atoms with E-state index in [2.05, 4.69) is 10.6 Å². The van der Waals surface area contributed by atoms with Crippen molar-refractivity contribution in [3.05, 3.63) is 34.4 Å². The summed E-state index contributed by atoms with van der Waals surface area (Å²) in [6, 6.07) is 6.31. The van der Waals surface area contributed by atoms with Crippen molar-refractivity contribution in [3.63, 3.8) is 0 Å². The quantitative estimate of drug-likeness (QED) is 0.365. The van der Waals surface area contributed by atoms with Gasteiger partial charge in [-0.25, -0.2) is 0 Å². The van der Waals surface area contributed by atoms with Crippen molar-refractivity contribution in [3.8, 4) is 0 Å². The number of non-ortho nitro benzene ring substituents is 1. The van der Waals surface area contributed by atoms with Crippen molar-refractivity contribution < 1.29 is 9.72 Å². The Balaban J connectivity index is 1.57. The molecule has 1 aromatic rings. The number of carbonyl (C=O) groups excluding carboxylic acids is 1. The maximum atomic E-state index is 11.7. The van der Waals surface area contributed by atoms with Gasteiger partial charge in [-0.05, 0) is 37.3 Å². The van der Waals surface area contributed by atoms with Gasteiger partial charge >= 0.3 is 0 Å². The fourth-order valence-corrected chi connectivity index (χ4v) is 2.19. The molecule has 2 rings (SSSR count). The van der Waals surface area contributed by atoms with Crippen molar-refractivity contribution in [1.29, 1.82) is 0 Å².